The van der Waals surface area contributed by atoms with Gasteiger partial charge in [-0.2, -0.15) is 0 Å². The van der Waals surface area contributed by atoms with Gasteiger partial charge in [0, 0.05) is 33.9 Å². The number of benzene rings is 2. The van der Waals surface area contributed by atoms with E-state index < -0.39 is 5.97 Å². The molecule has 0 spiro atoms. The van der Waals surface area contributed by atoms with E-state index in [1.807, 2.05) is 34.9 Å². The monoisotopic (exact) mass is 369 g/mol. The standard InChI is InChI=1S/C18H12BrNO3/c1-9-8-20-16-4-3-11(19)5-13(16)14-6-12(23-10(2)21)7-15(17(14)20)18(9)22/h3-8H,1-2H3. The van der Waals surface area contributed by atoms with Crippen molar-refractivity contribution in [2.45, 2.75) is 13.8 Å². The lowest BCUT2D eigenvalue weighted by Crippen LogP contribution is -2.09. The van der Waals surface area contributed by atoms with Gasteiger partial charge < -0.3 is 9.14 Å². The summed E-state index contributed by atoms with van der Waals surface area (Å²) in [7, 11) is 0. The Kier molecular flexibility index (Phi) is 2.96. The van der Waals surface area contributed by atoms with Gasteiger partial charge in [0.15, 0.2) is 5.43 Å². The minimum Gasteiger partial charge on any atom is -0.427 e. The van der Waals surface area contributed by atoms with E-state index in [0.717, 1.165) is 26.3 Å². The molecule has 0 radical (unpaired) electrons. The van der Waals surface area contributed by atoms with E-state index in [-0.39, 0.29) is 5.43 Å². The van der Waals surface area contributed by atoms with Gasteiger partial charge in [-0.05, 0) is 37.3 Å². The third kappa shape index (κ3) is 2.04. The van der Waals surface area contributed by atoms with Crippen molar-refractivity contribution in [1.29, 1.82) is 0 Å². The Hall–Kier alpha value is -2.40. The van der Waals surface area contributed by atoms with Crippen molar-refractivity contribution in [3.8, 4) is 5.75 Å². The number of carbonyl (C=O) groups is 1. The second-order valence-electron chi connectivity index (χ2n) is 5.63. The van der Waals surface area contributed by atoms with Crippen LogP contribution in [-0.2, 0) is 4.79 Å². The van der Waals surface area contributed by atoms with Gasteiger partial charge in [-0.1, -0.05) is 15.9 Å². The molecule has 0 saturated heterocycles. The summed E-state index contributed by atoms with van der Waals surface area (Å²) < 4.78 is 8.21. The lowest BCUT2D eigenvalue weighted by atomic mass is 10.1. The molecule has 0 atom stereocenters. The van der Waals surface area contributed by atoms with Gasteiger partial charge in [0.05, 0.1) is 16.4 Å². The average molecular weight is 370 g/mol. The number of hydrogen-bond acceptors (Lipinski definition) is 3. The smallest absolute Gasteiger partial charge is 0.308 e. The predicted octanol–water partition coefficient (Wildman–Crippen LogP) is 4.04. The molecule has 0 aliphatic carbocycles. The normalized spacial score (nSPS) is 11.6. The summed E-state index contributed by atoms with van der Waals surface area (Å²) in [4.78, 5) is 23.9. The molecule has 4 aromatic rings. The summed E-state index contributed by atoms with van der Waals surface area (Å²) >= 11 is 3.49. The number of aromatic nitrogens is 1. The van der Waals surface area contributed by atoms with Gasteiger partial charge in [0.25, 0.3) is 0 Å². The van der Waals surface area contributed by atoms with Gasteiger partial charge in [0.1, 0.15) is 5.75 Å². The quantitative estimate of drug-likeness (QED) is 0.375. The summed E-state index contributed by atoms with van der Waals surface area (Å²) in [6.07, 6.45) is 1.86. The lowest BCUT2D eigenvalue weighted by molar-refractivity contribution is -0.131. The number of nitrogens with zero attached hydrogens (tertiary/aromatic N) is 1. The summed E-state index contributed by atoms with van der Waals surface area (Å²) in [6.45, 7) is 3.14. The SMILES string of the molecule is CC(=O)Oc1cc2c(=O)c(C)cn3c4ccc(Br)cc4c(c1)c23. The van der Waals surface area contributed by atoms with E-state index in [4.69, 9.17) is 4.74 Å². The number of hydrogen-bond donors (Lipinski definition) is 0. The predicted molar refractivity (Wildman–Crippen MR) is 93.6 cm³/mol. The fourth-order valence-electron chi connectivity index (χ4n) is 3.12. The molecule has 4 nitrogen and oxygen atoms in total. The maximum atomic E-state index is 12.6. The van der Waals surface area contributed by atoms with Crippen molar-refractivity contribution in [2.75, 3.05) is 0 Å². The van der Waals surface area contributed by atoms with Crippen molar-refractivity contribution in [1.82, 2.24) is 4.40 Å². The topological polar surface area (TPSA) is 47.8 Å². The Labute approximate surface area is 139 Å². The maximum absolute atomic E-state index is 12.6. The summed E-state index contributed by atoms with van der Waals surface area (Å²) in [5, 5.41) is 2.46. The molecule has 0 N–H and O–H groups in total. The van der Waals surface area contributed by atoms with Crippen LogP contribution in [-0.4, -0.2) is 10.4 Å². The molecule has 0 bridgehead atoms. The molecule has 0 aliphatic rings. The van der Waals surface area contributed by atoms with E-state index in [2.05, 4.69) is 15.9 Å². The zero-order chi connectivity index (χ0) is 16.3. The molecule has 0 unspecified atom stereocenters. The second kappa shape index (κ2) is 4.80. The minimum absolute atomic E-state index is 0.0432. The van der Waals surface area contributed by atoms with Gasteiger partial charge in [0.2, 0.25) is 0 Å². The number of esters is 1. The van der Waals surface area contributed by atoms with Crippen LogP contribution in [0.15, 0.2) is 45.8 Å². The molecule has 23 heavy (non-hydrogen) atoms. The third-order valence-electron chi connectivity index (χ3n) is 4.02. The number of fused-ring (bicyclic) bond motifs is 3. The van der Waals surface area contributed by atoms with E-state index in [9.17, 15) is 9.59 Å². The van der Waals surface area contributed by atoms with Crippen LogP contribution in [0.25, 0.3) is 27.2 Å². The van der Waals surface area contributed by atoms with Crippen LogP contribution < -0.4 is 10.2 Å². The highest BCUT2D eigenvalue weighted by Gasteiger charge is 2.16. The van der Waals surface area contributed by atoms with Crippen LogP contribution in [0.4, 0.5) is 0 Å². The van der Waals surface area contributed by atoms with Crippen LogP contribution in [0.5, 0.6) is 5.75 Å². The number of carbonyl (C=O) groups excluding carboxylic acids is 1. The molecule has 0 fully saturated rings. The van der Waals surface area contributed by atoms with E-state index in [0.29, 0.717) is 16.7 Å². The first kappa shape index (κ1) is 14.2. The third-order valence-corrected chi connectivity index (χ3v) is 4.51. The van der Waals surface area contributed by atoms with Gasteiger partial charge >= 0.3 is 5.97 Å². The Morgan fingerprint density at radius 1 is 1.13 bits per heavy atom. The van der Waals surface area contributed by atoms with Crippen LogP contribution in [0.2, 0.25) is 0 Å². The molecule has 2 heterocycles. The number of aryl methyl sites for hydroxylation is 1. The first-order valence-corrected chi connectivity index (χ1v) is 7.94. The molecule has 0 amide bonds. The molecule has 2 aromatic carbocycles. The van der Waals surface area contributed by atoms with Crippen molar-refractivity contribution in [3.63, 3.8) is 0 Å². The largest absolute Gasteiger partial charge is 0.427 e. The van der Waals surface area contributed by atoms with Gasteiger partial charge in [-0.15, -0.1) is 0 Å². The molecule has 114 valence electrons. The van der Waals surface area contributed by atoms with Crippen LogP contribution >= 0.6 is 15.9 Å². The molecular weight excluding hydrogens is 358 g/mol. The number of rotatable bonds is 1. The highest BCUT2D eigenvalue weighted by Crippen LogP contribution is 2.35. The second-order valence-corrected chi connectivity index (χ2v) is 6.55. The zero-order valence-corrected chi connectivity index (χ0v) is 14.1. The molecule has 5 heteroatoms. The summed E-state index contributed by atoms with van der Waals surface area (Å²) in [5.74, 6) is -0.0148. The van der Waals surface area contributed by atoms with Crippen LogP contribution in [0.3, 0.4) is 0 Å². The molecule has 4 rings (SSSR count). The number of ether oxygens (including phenoxy) is 1. The van der Waals surface area contributed by atoms with E-state index in [1.165, 1.54) is 6.92 Å². The van der Waals surface area contributed by atoms with Gasteiger partial charge in [-0.3, -0.25) is 9.59 Å². The van der Waals surface area contributed by atoms with Crippen molar-refractivity contribution < 1.29 is 9.53 Å². The Bertz CT molecular complexity index is 1160. The zero-order valence-electron chi connectivity index (χ0n) is 12.5. The highest BCUT2D eigenvalue weighted by atomic mass is 79.9. The molecule has 0 aliphatic heterocycles. The summed E-state index contributed by atoms with van der Waals surface area (Å²) in [5.41, 5.74) is 2.47. The fourth-order valence-corrected chi connectivity index (χ4v) is 3.49. The summed E-state index contributed by atoms with van der Waals surface area (Å²) in [6, 6.07) is 9.44. The van der Waals surface area contributed by atoms with Crippen molar-refractivity contribution in [2.24, 2.45) is 0 Å². The van der Waals surface area contributed by atoms with Crippen molar-refractivity contribution >= 4 is 49.1 Å². The van der Waals surface area contributed by atoms with Gasteiger partial charge in [-0.25, -0.2) is 0 Å². The van der Waals surface area contributed by atoms with Crippen LogP contribution in [0, 0.1) is 6.92 Å². The first-order valence-electron chi connectivity index (χ1n) is 7.14. The fraction of sp³-hybridized carbons (Fsp3) is 0.111. The highest BCUT2D eigenvalue weighted by molar-refractivity contribution is 9.10. The molecule has 0 saturated carbocycles. The molecule has 2 aromatic heterocycles. The minimum atomic E-state index is -0.406. The Morgan fingerprint density at radius 2 is 1.87 bits per heavy atom. The Morgan fingerprint density at radius 3 is 2.61 bits per heavy atom. The van der Waals surface area contributed by atoms with Crippen LogP contribution in [0.1, 0.15) is 12.5 Å². The van der Waals surface area contributed by atoms with E-state index >= 15 is 0 Å². The van der Waals surface area contributed by atoms with E-state index in [1.54, 1.807) is 13.0 Å². The molecular formula is C18H12BrNO3. The first-order chi connectivity index (χ1) is 11.0. The number of halogens is 1. The van der Waals surface area contributed by atoms with Crippen molar-refractivity contribution in [3.05, 3.63) is 56.8 Å². The Balaban J connectivity index is 2.29. The maximum Gasteiger partial charge on any atom is 0.308 e. The average Bonchev–Trinajstić information content (AvgIpc) is 2.78. The lowest BCUT2D eigenvalue weighted by Gasteiger charge is -2.06. The number of pyridine rings is 1.